The first-order valence-electron chi connectivity index (χ1n) is 5.73. The predicted molar refractivity (Wildman–Crippen MR) is 64.4 cm³/mol. The molecule has 3 nitrogen and oxygen atoms in total. The molecule has 0 unspecified atom stereocenters. The standard InChI is InChI=1S/C13H19NO2/c1-3-4-10-14-13(15)11(2)16-12-8-6-5-7-9-12/h5-9,11H,3-4,10H2,1-2H3,(H,14,15)/t11-/m0/s1. The number of amides is 1. The first-order chi connectivity index (χ1) is 7.74. The van der Waals surface area contributed by atoms with E-state index in [1.165, 1.54) is 0 Å². The molecule has 0 saturated carbocycles. The van der Waals surface area contributed by atoms with E-state index in [1.807, 2.05) is 30.3 Å². The Hall–Kier alpha value is -1.51. The van der Waals surface area contributed by atoms with Crippen molar-refractivity contribution in [3.05, 3.63) is 30.3 Å². The third-order valence-corrected chi connectivity index (χ3v) is 2.25. The normalized spacial score (nSPS) is 11.9. The van der Waals surface area contributed by atoms with Crippen LogP contribution in [0.5, 0.6) is 5.75 Å². The second kappa shape index (κ2) is 6.88. The molecule has 0 radical (unpaired) electrons. The van der Waals surface area contributed by atoms with Crippen molar-refractivity contribution in [2.24, 2.45) is 0 Å². The Morgan fingerprint density at radius 2 is 2.06 bits per heavy atom. The molecule has 3 heteroatoms. The minimum absolute atomic E-state index is 0.0581. The van der Waals surface area contributed by atoms with Crippen molar-refractivity contribution in [2.75, 3.05) is 6.54 Å². The maximum absolute atomic E-state index is 11.6. The summed E-state index contributed by atoms with van der Waals surface area (Å²) < 4.78 is 5.49. The molecule has 0 heterocycles. The fourth-order valence-electron chi connectivity index (χ4n) is 1.29. The summed E-state index contributed by atoms with van der Waals surface area (Å²) in [6.45, 7) is 4.57. The van der Waals surface area contributed by atoms with Crippen molar-refractivity contribution in [3.63, 3.8) is 0 Å². The van der Waals surface area contributed by atoms with Crippen molar-refractivity contribution >= 4 is 5.91 Å². The Balaban J connectivity index is 2.34. The zero-order chi connectivity index (χ0) is 11.8. The van der Waals surface area contributed by atoms with Gasteiger partial charge in [-0.25, -0.2) is 0 Å². The molecule has 0 aromatic heterocycles. The molecular formula is C13H19NO2. The molecule has 1 aromatic carbocycles. The smallest absolute Gasteiger partial charge is 0.260 e. The van der Waals surface area contributed by atoms with Gasteiger partial charge in [-0.3, -0.25) is 4.79 Å². The second-order valence-electron chi connectivity index (χ2n) is 3.72. The number of para-hydroxylation sites is 1. The van der Waals surface area contributed by atoms with E-state index in [9.17, 15) is 4.79 Å². The first kappa shape index (κ1) is 12.6. The molecule has 0 saturated heterocycles. The van der Waals surface area contributed by atoms with Crippen LogP contribution in [0.3, 0.4) is 0 Å². The zero-order valence-corrected chi connectivity index (χ0v) is 9.90. The lowest BCUT2D eigenvalue weighted by Gasteiger charge is -2.14. The van der Waals surface area contributed by atoms with Crippen LogP contribution in [-0.2, 0) is 4.79 Å². The maximum atomic E-state index is 11.6. The van der Waals surface area contributed by atoms with Gasteiger partial charge in [0.2, 0.25) is 0 Å². The third kappa shape index (κ3) is 4.34. The van der Waals surface area contributed by atoms with Crippen molar-refractivity contribution in [2.45, 2.75) is 32.8 Å². The lowest BCUT2D eigenvalue weighted by atomic mass is 10.3. The molecule has 1 aromatic rings. The molecule has 16 heavy (non-hydrogen) atoms. The van der Waals surface area contributed by atoms with Gasteiger partial charge in [-0.05, 0) is 25.5 Å². The number of benzene rings is 1. The Kier molecular flexibility index (Phi) is 5.40. The number of carbonyl (C=O) groups is 1. The summed E-state index contributed by atoms with van der Waals surface area (Å²) in [5.41, 5.74) is 0. The number of carbonyl (C=O) groups excluding carboxylic acids is 1. The minimum atomic E-state index is -0.445. The van der Waals surface area contributed by atoms with Gasteiger partial charge in [0.1, 0.15) is 5.75 Å². The lowest BCUT2D eigenvalue weighted by Crippen LogP contribution is -2.36. The molecule has 1 amide bonds. The van der Waals surface area contributed by atoms with E-state index < -0.39 is 6.10 Å². The highest BCUT2D eigenvalue weighted by Gasteiger charge is 2.13. The Morgan fingerprint density at radius 3 is 2.69 bits per heavy atom. The molecule has 0 aliphatic heterocycles. The van der Waals surface area contributed by atoms with E-state index in [-0.39, 0.29) is 5.91 Å². The van der Waals surface area contributed by atoms with E-state index in [1.54, 1.807) is 6.92 Å². The van der Waals surface area contributed by atoms with Crippen molar-refractivity contribution in [1.29, 1.82) is 0 Å². The van der Waals surface area contributed by atoms with Gasteiger partial charge in [-0.1, -0.05) is 31.5 Å². The average molecular weight is 221 g/mol. The molecule has 1 atom stereocenters. The summed E-state index contributed by atoms with van der Waals surface area (Å²) in [5.74, 6) is 0.665. The van der Waals surface area contributed by atoms with Crippen LogP contribution in [0.4, 0.5) is 0 Å². The average Bonchev–Trinajstić information content (AvgIpc) is 2.30. The van der Waals surface area contributed by atoms with E-state index in [0.717, 1.165) is 25.1 Å². The number of ether oxygens (including phenoxy) is 1. The molecule has 1 N–H and O–H groups in total. The van der Waals surface area contributed by atoms with Crippen LogP contribution in [0, 0.1) is 0 Å². The second-order valence-corrected chi connectivity index (χ2v) is 3.72. The Bertz CT molecular complexity index is 311. The highest BCUT2D eigenvalue weighted by molar-refractivity contribution is 5.80. The number of hydrogen-bond donors (Lipinski definition) is 1. The SMILES string of the molecule is CCCCNC(=O)[C@H](C)Oc1ccccc1. The van der Waals surface area contributed by atoms with Crippen LogP contribution >= 0.6 is 0 Å². The molecule has 0 aliphatic carbocycles. The Labute approximate surface area is 96.8 Å². The van der Waals surface area contributed by atoms with Gasteiger partial charge in [-0.2, -0.15) is 0 Å². The minimum Gasteiger partial charge on any atom is -0.481 e. The highest BCUT2D eigenvalue weighted by Crippen LogP contribution is 2.10. The number of nitrogens with one attached hydrogen (secondary N) is 1. The summed E-state index contributed by atoms with van der Waals surface area (Å²) in [6.07, 6.45) is 1.64. The van der Waals surface area contributed by atoms with Gasteiger partial charge in [-0.15, -0.1) is 0 Å². The fourth-order valence-corrected chi connectivity index (χ4v) is 1.29. The zero-order valence-electron chi connectivity index (χ0n) is 9.90. The van der Waals surface area contributed by atoms with Gasteiger partial charge >= 0.3 is 0 Å². The third-order valence-electron chi connectivity index (χ3n) is 2.25. The van der Waals surface area contributed by atoms with E-state index in [2.05, 4.69) is 12.2 Å². The summed E-state index contributed by atoms with van der Waals surface area (Å²) in [4.78, 5) is 11.6. The van der Waals surface area contributed by atoms with Gasteiger partial charge < -0.3 is 10.1 Å². The van der Waals surface area contributed by atoms with Crippen LogP contribution in [0.15, 0.2) is 30.3 Å². The van der Waals surface area contributed by atoms with E-state index in [0.29, 0.717) is 0 Å². The molecule has 0 aliphatic rings. The van der Waals surface area contributed by atoms with E-state index in [4.69, 9.17) is 4.74 Å². The molecule has 0 spiro atoms. The highest BCUT2D eigenvalue weighted by atomic mass is 16.5. The summed E-state index contributed by atoms with van der Waals surface area (Å²) in [7, 11) is 0. The quantitative estimate of drug-likeness (QED) is 0.749. The maximum Gasteiger partial charge on any atom is 0.260 e. The van der Waals surface area contributed by atoms with Crippen LogP contribution in [0.2, 0.25) is 0 Å². The molecule has 0 bridgehead atoms. The van der Waals surface area contributed by atoms with Crippen LogP contribution < -0.4 is 10.1 Å². The lowest BCUT2D eigenvalue weighted by molar-refractivity contribution is -0.127. The molecule has 88 valence electrons. The first-order valence-corrected chi connectivity index (χ1v) is 5.73. The number of hydrogen-bond acceptors (Lipinski definition) is 2. The van der Waals surface area contributed by atoms with Gasteiger partial charge in [0, 0.05) is 6.54 Å². The predicted octanol–water partition coefficient (Wildman–Crippen LogP) is 2.37. The molecule has 0 fully saturated rings. The molecular weight excluding hydrogens is 202 g/mol. The van der Waals surface area contributed by atoms with Gasteiger partial charge in [0.05, 0.1) is 0 Å². The number of rotatable bonds is 6. The van der Waals surface area contributed by atoms with Crippen molar-refractivity contribution in [1.82, 2.24) is 5.32 Å². The van der Waals surface area contributed by atoms with Crippen LogP contribution in [-0.4, -0.2) is 18.6 Å². The van der Waals surface area contributed by atoms with Crippen LogP contribution in [0.25, 0.3) is 0 Å². The van der Waals surface area contributed by atoms with E-state index >= 15 is 0 Å². The topological polar surface area (TPSA) is 38.3 Å². The Morgan fingerprint density at radius 1 is 1.38 bits per heavy atom. The molecule has 1 rings (SSSR count). The fraction of sp³-hybridized carbons (Fsp3) is 0.462. The largest absolute Gasteiger partial charge is 0.481 e. The van der Waals surface area contributed by atoms with Gasteiger partial charge in [0.15, 0.2) is 6.10 Å². The summed E-state index contributed by atoms with van der Waals surface area (Å²) >= 11 is 0. The summed E-state index contributed by atoms with van der Waals surface area (Å²) in [5, 5.41) is 2.84. The number of unbranched alkanes of at least 4 members (excludes halogenated alkanes) is 1. The summed E-state index contributed by atoms with van der Waals surface area (Å²) in [6, 6.07) is 9.37. The monoisotopic (exact) mass is 221 g/mol. The van der Waals surface area contributed by atoms with Crippen molar-refractivity contribution in [3.8, 4) is 5.75 Å². The van der Waals surface area contributed by atoms with Gasteiger partial charge in [0.25, 0.3) is 5.91 Å². The van der Waals surface area contributed by atoms with Crippen LogP contribution in [0.1, 0.15) is 26.7 Å². The van der Waals surface area contributed by atoms with Crippen molar-refractivity contribution < 1.29 is 9.53 Å².